The first-order valence-corrected chi connectivity index (χ1v) is 6.66. The van der Waals surface area contributed by atoms with E-state index in [4.69, 9.17) is 23.2 Å². The fourth-order valence-corrected chi connectivity index (χ4v) is 2.76. The highest BCUT2D eigenvalue weighted by atomic mass is 35.5. The number of aromatic nitrogens is 2. The molecule has 0 saturated carbocycles. The molecule has 0 saturated heterocycles. The molecule has 3 aromatic rings. The molecule has 1 aromatic heterocycles. The number of nitrogens with one attached hydrogen (secondary N) is 1. The summed E-state index contributed by atoms with van der Waals surface area (Å²) in [6, 6.07) is 9.25. The highest BCUT2D eigenvalue weighted by molar-refractivity contribution is 6.34. The molecule has 106 valence electrons. The van der Waals surface area contributed by atoms with E-state index >= 15 is 0 Å². The predicted molar refractivity (Wildman–Crippen MR) is 80.9 cm³/mol. The van der Waals surface area contributed by atoms with Crippen molar-refractivity contribution in [3.05, 3.63) is 62.5 Å². The van der Waals surface area contributed by atoms with Crippen LogP contribution in [0, 0.1) is 0 Å². The van der Waals surface area contributed by atoms with Crippen LogP contribution in [0.15, 0.2) is 41.2 Å². The maximum atomic E-state index is 12.2. The van der Waals surface area contributed by atoms with Crippen LogP contribution in [0.2, 0.25) is 10.0 Å². The van der Waals surface area contributed by atoms with Gasteiger partial charge in [0.1, 0.15) is 0 Å². The number of imidazole rings is 1. The number of benzene rings is 2. The Morgan fingerprint density at radius 2 is 1.81 bits per heavy atom. The van der Waals surface area contributed by atoms with E-state index in [-0.39, 0.29) is 11.1 Å². The Morgan fingerprint density at radius 1 is 1.14 bits per heavy atom. The lowest BCUT2D eigenvalue weighted by Gasteiger charge is -2.07. The number of rotatable bonds is 2. The number of aromatic amines is 1. The minimum Gasteiger partial charge on any atom is -0.478 e. The molecule has 0 radical (unpaired) electrons. The van der Waals surface area contributed by atoms with Crippen LogP contribution in [-0.4, -0.2) is 20.6 Å². The van der Waals surface area contributed by atoms with Crippen molar-refractivity contribution in [2.45, 2.75) is 0 Å². The van der Waals surface area contributed by atoms with Crippen LogP contribution in [0.1, 0.15) is 10.4 Å². The average Bonchev–Trinajstić information content (AvgIpc) is 2.72. The quantitative estimate of drug-likeness (QED) is 0.759. The summed E-state index contributed by atoms with van der Waals surface area (Å²) in [7, 11) is 0. The van der Waals surface area contributed by atoms with E-state index in [1.165, 1.54) is 16.7 Å². The van der Waals surface area contributed by atoms with Crippen molar-refractivity contribution in [3.63, 3.8) is 0 Å². The summed E-state index contributed by atoms with van der Waals surface area (Å²) >= 11 is 11.9. The van der Waals surface area contributed by atoms with E-state index in [0.717, 1.165) is 0 Å². The Kier molecular flexibility index (Phi) is 3.23. The van der Waals surface area contributed by atoms with E-state index in [2.05, 4.69) is 4.98 Å². The highest BCUT2D eigenvalue weighted by Gasteiger charge is 2.17. The van der Waals surface area contributed by atoms with Gasteiger partial charge in [-0.2, -0.15) is 0 Å². The van der Waals surface area contributed by atoms with Gasteiger partial charge in [-0.3, -0.25) is 4.57 Å². The highest BCUT2D eigenvalue weighted by Crippen LogP contribution is 2.25. The summed E-state index contributed by atoms with van der Waals surface area (Å²) in [5.41, 5.74) is 0.653. The van der Waals surface area contributed by atoms with E-state index < -0.39 is 11.7 Å². The monoisotopic (exact) mass is 322 g/mol. The number of carboxylic acids is 1. The van der Waals surface area contributed by atoms with Gasteiger partial charge in [0, 0.05) is 10.0 Å². The molecule has 5 nitrogen and oxygen atoms in total. The van der Waals surface area contributed by atoms with Gasteiger partial charge in [-0.15, -0.1) is 0 Å². The zero-order chi connectivity index (χ0) is 15.1. The molecular weight excluding hydrogens is 315 g/mol. The average molecular weight is 323 g/mol. The molecule has 0 bridgehead atoms. The second kappa shape index (κ2) is 4.95. The lowest BCUT2D eigenvalue weighted by molar-refractivity contribution is 0.0698. The second-order valence-corrected chi connectivity index (χ2v) is 5.27. The third-order valence-electron chi connectivity index (χ3n) is 3.04. The maximum Gasteiger partial charge on any atom is 0.337 e. The Balaban J connectivity index is 2.44. The fourth-order valence-electron chi connectivity index (χ4n) is 2.25. The molecule has 0 unspecified atom stereocenters. The Labute approximate surface area is 128 Å². The zero-order valence-electron chi connectivity index (χ0n) is 10.4. The molecule has 0 spiro atoms. The molecule has 2 N–H and O–H groups in total. The standard InChI is InChI=1S/C14H8Cl2N2O3/c15-7-4-8(16)6-9(5-7)18-12-10(13(19)20)2-1-3-11(12)17-14(18)21/h1-6H,(H,17,21)(H,19,20). The van der Waals surface area contributed by atoms with Crippen molar-refractivity contribution in [3.8, 4) is 5.69 Å². The number of fused-ring (bicyclic) bond motifs is 1. The predicted octanol–water partition coefficient (Wildman–Crippen LogP) is 3.32. The molecule has 0 aliphatic rings. The van der Waals surface area contributed by atoms with Gasteiger partial charge in [0.25, 0.3) is 0 Å². The van der Waals surface area contributed by atoms with Gasteiger partial charge in [0.2, 0.25) is 0 Å². The van der Waals surface area contributed by atoms with E-state index in [1.807, 2.05) is 0 Å². The Bertz CT molecular complexity index is 907. The number of halogens is 2. The van der Waals surface area contributed by atoms with Gasteiger partial charge in [-0.25, -0.2) is 9.59 Å². The number of nitrogens with zero attached hydrogens (tertiary/aromatic N) is 1. The topological polar surface area (TPSA) is 75.1 Å². The molecule has 7 heteroatoms. The van der Waals surface area contributed by atoms with Gasteiger partial charge in [-0.05, 0) is 30.3 Å². The normalized spacial score (nSPS) is 11.0. The van der Waals surface area contributed by atoms with E-state index in [1.54, 1.807) is 24.3 Å². The summed E-state index contributed by atoms with van der Waals surface area (Å²) in [4.78, 5) is 26.1. The van der Waals surface area contributed by atoms with Crippen LogP contribution in [0.4, 0.5) is 0 Å². The number of para-hydroxylation sites is 1. The van der Waals surface area contributed by atoms with Crippen LogP contribution in [0.5, 0.6) is 0 Å². The van der Waals surface area contributed by atoms with Crippen LogP contribution in [0.25, 0.3) is 16.7 Å². The van der Waals surface area contributed by atoms with Gasteiger partial charge >= 0.3 is 11.7 Å². The van der Waals surface area contributed by atoms with Gasteiger partial charge in [-0.1, -0.05) is 29.3 Å². The van der Waals surface area contributed by atoms with Crippen molar-refractivity contribution in [2.24, 2.45) is 0 Å². The van der Waals surface area contributed by atoms with Gasteiger partial charge < -0.3 is 10.1 Å². The summed E-state index contributed by atoms with van der Waals surface area (Å²) < 4.78 is 1.25. The second-order valence-electron chi connectivity index (χ2n) is 4.40. The Hall–Kier alpha value is -2.24. The summed E-state index contributed by atoms with van der Waals surface area (Å²) in [6.07, 6.45) is 0. The molecule has 0 atom stereocenters. The summed E-state index contributed by atoms with van der Waals surface area (Å²) in [5.74, 6) is -1.12. The maximum absolute atomic E-state index is 12.2. The van der Waals surface area contributed by atoms with E-state index in [9.17, 15) is 14.7 Å². The van der Waals surface area contributed by atoms with Crippen molar-refractivity contribution in [1.29, 1.82) is 0 Å². The molecule has 1 heterocycles. The number of hydrogen-bond donors (Lipinski definition) is 2. The Morgan fingerprint density at radius 3 is 2.43 bits per heavy atom. The minimum atomic E-state index is -1.12. The van der Waals surface area contributed by atoms with Crippen LogP contribution < -0.4 is 5.69 Å². The molecule has 21 heavy (non-hydrogen) atoms. The molecule has 0 amide bonds. The first-order chi connectivity index (χ1) is 9.97. The van der Waals surface area contributed by atoms with Crippen molar-refractivity contribution in [1.82, 2.24) is 9.55 Å². The van der Waals surface area contributed by atoms with Crippen molar-refractivity contribution < 1.29 is 9.90 Å². The third kappa shape index (κ3) is 2.30. The smallest absolute Gasteiger partial charge is 0.337 e. The van der Waals surface area contributed by atoms with Gasteiger partial charge in [0.15, 0.2) is 0 Å². The minimum absolute atomic E-state index is 0.0157. The first kappa shape index (κ1) is 13.7. The number of H-pyrrole nitrogens is 1. The number of carboxylic acid groups (broad SMARTS) is 1. The van der Waals surface area contributed by atoms with E-state index in [0.29, 0.717) is 21.2 Å². The van der Waals surface area contributed by atoms with Crippen LogP contribution in [0.3, 0.4) is 0 Å². The lowest BCUT2D eigenvalue weighted by Crippen LogP contribution is -2.15. The molecule has 0 aliphatic heterocycles. The summed E-state index contributed by atoms with van der Waals surface area (Å²) in [6.45, 7) is 0. The molecular formula is C14H8Cl2N2O3. The number of hydrogen-bond acceptors (Lipinski definition) is 2. The third-order valence-corrected chi connectivity index (χ3v) is 3.48. The van der Waals surface area contributed by atoms with Gasteiger partial charge in [0.05, 0.1) is 22.3 Å². The molecule has 0 fully saturated rings. The van der Waals surface area contributed by atoms with Crippen molar-refractivity contribution >= 4 is 40.2 Å². The van der Waals surface area contributed by atoms with Crippen LogP contribution in [-0.2, 0) is 0 Å². The largest absolute Gasteiger partial charge is 0.478 e. The zero-order valence-corrected chi connectivity index (χ0v) is 11.9. The first-order valence-electron chi connectivity index (χ1n) is 5.91. The molecule has 3 rings (SSSR count). The fraction of sp³-hybridized carbons (Fsp3) is 0. The number of carbonyl (C=O) groups is 1. The molecule has 0 aliphatic carbocycles. The number of aromatic carboxylic acids is 1. The summed E-state index contributed by atoms with van der Waals surface area (Å²) in [5, 5.41) is 10.00. The molecule has 2 aromatic carbocycles. The van der Waals surface area contributed by atoms with Crippen molar-refractivity contribution in [2.75, 3.05) is 0 Å². The van der Waals surface area contributed by atoms with Crippen LogP contribution >= 0.6 is 23.2 Å². The SMILES string of the molecule is O=C(O)c1cccc2[nH]c(=O)n(-c3cc(Cl)cc(Cl)c3)c12. The lowest BCUT2D eigenvalue weighted by atomic mass is 10.2.